The third-order valence-corrected chi connectivity index (χ3v) is 6.70. The zero-order valence-electron chi connectivity index (χ0n) is 10.9. The summed E-state index contributed by atoms with van der Waals surface area (Å²) in [6, 6.07) is 9.03. The van der Waals surface area contributed by atoms with E-state index in [0.717, 1.165) is 32.1 Å². The summed E-state index contributed by atoms with van der Waals surface area (Å²) in [5.74, 6) is -0.444. The van der Waals surface area contributed by atoms with E-state index >= 15 is 0 Å². The van der Waals surface area contributed by atoms with Gasteiger partial charge in [-0.15, -0.1) is 0 Å². The third-order valence-electron chi connectivity index (χ3n) is 3.88. The van der Waals surface area contributed by atoms with E-state index < -0.39 is 22.4 Å². The normalized spacial score (nSPS) is 22.9. The summed E-state index contributed by atoms with van der Waals surface area (Å²) in [5, 5.41) is 0. The van der Waals surface area contributed by atoms with Crippen molar-refractivity contribution in [2.75, 3.05) is 0 Å². The molecule has 5 heteroatoms. The van der Waals surface area contributed by atoms with Gasteiger partial charge < -0.3 is 4.74 Å². The molecule has 106 valence electrons. The van der Waals surface area contributed by atoms with Crippen LogP contribution in [0.2, 0.25) is 0 Å². The van der Waals surface area contributed by atoms with Crippen molar-refractivity contribution < 1.29 is 13.7 Å². The zero-order valence-corrected chi connectivity index (χ0v) is 13.3. The second kappa shape index (κ2) is 5.45. The Morgan fingerprint density at radius 1 is 1.10 bits per heavy atom. The molecule has 3 nitrogen and oxygen atoms in total. The van der Waals surface area contributed by atoms with E-state index in [-0.39, 0.29) is 4.91 Å². The maximum atomic E-state index is 12.6. The van der Waals surface area contributed by atoms with Gasteiger partial charge in [-0.3, -0.25) is 0 Å². The third kappa shape index (κ3) is 2.27. The zero-order chi connectivity index (χ0) is 14.2. The first-order valence-corrected chi connectivity index (χ1v) is 8.69. The first-order chi connectivity index (χ1) is 9.64. The van der Waals surface area contributed by atoms with E-state index in [1.54, 1.807) is 12.1 Å². The second-order valence-electron chi connectivity index (χ2n) is 5.17. The summed E-state index contributed by atoms with van der Waals surface area (Å²) in [4.78, 5) is 13.1. The molecule has 3 rings (SSSR count). The molecule has 1 spiro atoms. The number of carbonyl (C=O) groups is 1. The lowest BCUT2D eigenvalue weighted by Crippen LogP contribution is -2.32. The van der Waals surface area contributed by atoms with Gasteiger partial charge in [0.15, 0.2) is 0 Å². The van der Waals surface area contributed by atoms with E-state index in [1.807, 2.05) is 18.2 Å². The molecule has 1 aromatic rings. The molecule has 1 unspecified atom stereocenters. The Labute approximate surface area is 129 Å². The van der Waals surface area contributed by atoms with E-state index in [9.17, 15) is 9.00 Å². The Balaban J connectivity index is 1.99. The summed E-state index contributed by atoms with van der Waals surface area (Å²) in [5.41, 5.74) is -0.560. The maximum Gasteiger partial charge on any atom is 0.349 e. The molecule has 0 bridgehead atoms. The highest BCUT2D eigenvalue weighted by molar-refractivity contribution is 9.12. The highest BCUT2D eigenvalue weighted by Crippen LogP contribution is 2.47. The fraction of sp³-hybridized carbons (Fsp3) is 0.400. The molecule has 1 aromatic carbocycles. The Morgan fingerprint density at radius 2 is 1.75 bits per heavy atom. The molecule has 20 heavy (non-hydrogen) atoms. The van der Waals surface area contributed by atoms with Crippen LogP contribution in [0.5, 0.6) is 0 Å². The van der Waals surface area contributed by atoms with Gasteiger partial charge in [-0.25, -0.2) is 9.00 Å². The van der Waals surface area contributed by atoms with Crippen LogP contribution in [-0.4, -0.2) is 15.8 Å². The van der Waals surface area contributed by atoms with Gasteiger partial charge in [-0.05, 0) is 53.7 Å². The van der Waals surface area contributed by atoms with Gasteiger partial charge >= 0.3 is 5.97 Å². The van der Waals surface area contributed by atoms with Crippen LogP contribution in [0, 0.1) is 0 Å². The smallest absolute Gasteiger partial charge is 0.349 e. The minimum absolute atomic E-state index is 0.276. The molecule has 1 fully saturated rings. The van der Waals surface area contributed by atoms with E-state index in [4.69, 9.17) is 4.74 Å². The summed E-state index contributed by atoms with van der Waals surface area (Å²) < 4.78 is 18.9. The molecule has 1 heterocycles. The second-order valence-corrected chi connectivity index (χ2v) is 7.38. The lowest BCUT2D eigenvalue weighted by molar-refractivity contribution is -0.148. The molecule has 1 aliphatic heterocycles. The Hall–Kier alpha value is -0.940. The lowest BCUT2D eigenvalue weighted by Gasteiger charge is -2.32. The molecule has 1 saturated carbocycles. The Bertz CT molecular complexity index is 588. The van der Waals surface area contributed by atoms with Crippen molar-refractivity contribution in [2.24, 2.45) is 0 Å². The van der Waals surface area contributed by atoms with Crippen LogP contribution in [-0.2, 0) is 20.3 Å². The van der Waals surface area contributed by atoms with Gasteiger partial charge in [-0.2, -0.15) is 0 Å². The number of hydrogen-bond donors (Lipinski definition) is 0. The lowest BCUT2D eigenvalue weighted by atomic mass is 9.85. The van der Waals surface area contributed by atoms with Crippen LogP contribution in [0.25, 0.3) is 0 Å². The summed E-state index contributed by atoms with van der Waals surface area (Å²) in [7, 11) is -1.49. The molecule has 0 aromatic heterocycles. The maximum absolute atomic E-state index is 12.6. The van der Waals surface area contributed by atoms with Crippen LogP contribution in [0.4, 0.5) is 0 Å². The summed E-state index contributed by atoms with van der Waals surface area (Å²) >= 11 is 3.50. The molecule has 0 N–H and O–H groups in total. The van der Waals surface area contributed by atoms with E-state index in [1.165, 1.54) is 0 Å². The van der Waals surface area contributed by atoms with Crippen molar-refractivity contribution in [3.05, 3.63) is 39.7 Å². The number of halogens is 1. The first-order valence-electron chi connectivity index (χ1n) is 6.74. The molecule has 1 aliphatic carbocycles. The fourth-order valence-electron chi connectivity index (χ4n) is 2.83. The molecule has 1 atom stereocenters. The van der Waals surface area contributed by atoms with Crippen molar-refractivity contribution in [3.63, 3.8) is 0 Å². The van der Waals surface area contributed by atoms with Gasteiger partial charge in [0.05, 0.1) is 15.3 Å². The van der Waals surface area contributed by atoms with Crippen LogP contribution in [0.15, 0.2) is 44.6 Å². The Morgan fingerprint density at radius 3 is 2.40 bits per heavy atom. The Kier molecular flexibility index (Phi) is 3.82. The molecular formula is C15H15BrO3S. The van der Waals surface area contributed by atoms with Crippen LogP contribution in [0.1, 0.15) is 32.1 Å². The average molecular weight is 355 g/mol. The van der Waals surface area contributed by atoms with E-state index in [2.05, 4.69) is 15.9 Å². The topological polar surface area (TPSA) is 43.4 Å². The van der Waals surface area contributed by atoms with Crippen LogP contribution >= 0.6 is 15.9 Å². The summed E-state index contributed by atoms with van der Waals surface area (Å²) in [6.45, 7) is 0. The monoisotopic (exact) mass is 354 g/mol. The summed E-state index contributed by atoms with van der Waals surface area (Å²) in [6.07, 6.45) is 4.86. The van der Waals surface area contributed by atoms with Gasteiger partial charge in [0.2, 0.25) is 0 Å². The number of benzene rings is 1. The van der Waals surface area contributed by atoms with Crippen molar-refractivity contribution in [3.8, 4) is 0 Å². The van der Waals surface area contributed by atoms with E-state index in [0.29, 0.717) is 9.38 Å². The van der Waals surface area contributed by atoms with Crippen molar-refractivity contribution in [1.29, 1.82) is 0 Å². The van der Waals surface area contributed by atoms with Gasteiger partial charge in [0.1, 0.15) is 10.5 Å². The number of carbonyl (C=O) groups excluding carboxylic acids is 1. The first kappa shape index (κ1) is 14.0. The number of ether oxygens (including phenoxy) is 1. The molecule has 0 saturated heterocycles. The molecule has 0 amide bonds. The predicted octanol–water partition coefficient (Wildman–Crippen LogP) is 3.66. The largest absolute Gasteiger partial charge is 0.449 e. The fourth-order valence-corrected chi connectivity index (χ4v) is 5.09. The quantitative estimate of drug-likeness (QED) is 0.761. The van der Waals surface area contributed by atoms with Gasteiger partial charge in [-0.1, -0.05) is 24.6 Å². The van der Waals surface area contributed by atoms with Gasteiger partial charge in [0.25, 0.3) is 0 Å². The van der Waals surface area contributed by atoms with Crippen LogP contribution < -0.4 is 0 Å². The molecule has 2 aliphatic rings. The van der Waals surface area contributed by atoms with Gasteiger partial charge in [0, 0.05) is 4.90 Å². The van der Waals surface area contributed by atoms with Crippen molar-refractivity contribution >= 4 is 32.7 Å². The number of hydrogen-bond acceptors (Lipinski definition) is 3. The molecular weight excluding hydrogens is 340 g/mol. The highest BCUT2D eigenvalue weighted by Gasteiger charge is 2.49. The van der Waals surface area contributed by atoms with Crippen molar-refractivity contribution in [2.45, 2.75) is 42.6 Å². The number of esters is 1. The van der Waals surface area contributed by atoms with Crippen LogP contribution in [0.3, 0.4) is 0 Å². The molecule has 0 radical (unpaired) electrons. The highest BCUT2D eigenvalue weighted by atomic mass is 79.9. The van der Waals surface area contributed by atoms with Crippen molar-refractivity contribution in [1.82, 2.24) is 0 Å². The standard InChI is InChI=1S/C15H15BrO3S/c16-13-12(20(18)11-7-3-1-4-8-11)14(17)19-15(13)9-5-2-6-10-15/h1,3-4,7-8H,2,5-6,9-10H2. The SMILES string of the molecule is O=C1OC2(CCCCC2)C(Br)=C1S(=O)c1ccccc1. The predicted molar refractivity (Wildman–Crippen MR) is 80.7 cm³/mol. The minimum Gasteiger partial charge on any atom is -0.449 e. The average Bonchev–Trinajstić information content (AvgIpc) is 2.71. The number of rotatable bonds is 2. The minimum atomic E-state index is -1.49.